The van der Waals surface area contributed by atoms with Crippen LogP contribution >= 0.6 is 11.3 Å². The van der Waals surface area contributed by atoms with E-state index in [1.54, 1.807) is 0 Å². The maximum atomic E-state index is 12.4. The van der Waals surface area contributed by atoms with Crippen molar-refractivity contribution >= 4 is 17.2 Å². The Balaban J connectivity index is 2.02. The molecule has 1 fully saturated rings. The minimum atomic E-state index is 0.132. The molecule has 1 aliphatic rings. The fourth-order valence-electron chi connectivity index (χ4n) is 2.15. The molecule has 0 unspecified atom stereocenters. The summed E-state index contributed by atoms with van der Waals surface area (Å²) in [5.41, 5.74) is 6.46. The number of nitrogens with zero attached hydrogens (tertiary/aromatic N) is 1. The van der Waals surface area contributed by atoms with Crippen LogP contribution in [0.5, 0.6) is 0 Å². The average molecular weight is 276 g/mol. The van der Waals surface area contributed by atoms with Gasteiger partial charge in [-0.15, -0.1) is 11.3 Å². The third-order valence-corrected chi connectivity index (χ3v) is 4.41. The Kier molecular flexibility index (Phi) is 4.28. The lowest BCUT2D eigenvalue weighted by atomic mass is 9.82. The third kappa shape index (κ3) is 3.59. The molecule has 0 aliphatic carbocycles. The first-order valence-corrected chi connectivity index (χ1v) is 7.46. The highest BCUT2D eigenvalue weighted by molar-refractivity contribution is 7.10. The fourth-order valence-corrected chi connectivity index (χ4v) is 2.90. The van der Waals surface area contributed by atoms with Crippen LogP contribution in [0.1, 0.15) is 41.9 Å². The minimum Gasteiger partial charge on any atom is -0.339 e. The molecular weight excluding hydrogens is 256 g/mol. The van der Waals surface area contributed by atoms with E-state index in [1.165, 1.54) is 11.3 Å². The summed E-state index contributed by atoms with van der Waals surface area (Å²) in [6.45, 7) is 6.58. The van der Waals surface area contributed by atoms with Crippen molar-refractivity contribution in [2.24, 2.45) is 11.1 Å². The van der Waals surface area contributed by atoms with Gasteiger partial charge < -0.3 is 10.6 Å². The van der Waals surface area contributed by atoms with Crippen molar-refractivity contribution in [1.82, 2.24) is 4.90 Å². The maximum absolute atomic E-state index is 12.4. The summed E-state index contributed by atoms with van der Waals surface area (Å²) in [4.78, 5) is 15.2. The molecule has 0 spiro atoms. The van der Waals surface area contributed by atoms with Crippen molar-refractivity contribution in [3.8, 4) is 11.8 Å². The highest BCUT2D eigenvalue weighted by atomic mass is 32.1. The van der Waals surface area contributed by atoms with Gasteiger partial charge in [-0.25, -0.2) is 0 Å². The van der Waals surface area contributed by atoms with Crippen LogP contribution in [-0.4, -0.2) is 30.4 Å². The molecule has 1 saturated heterocycles. The Morgan fingerprint density at radius 1 is 1.47 bits per heavy atom. The number of piperidine rings is 1. The van der Waals surface area contributed by atoms with Gasteiger partial charge in [-0.1, -0.05) is 25.7 Å². The van der Waals surface area contributed by atoms with E-state index in [1.807, 2.05) is 16.3 Å². The van der Waals surface area contributed by atoms with E-state index in [0.717, 1.165) is 36.4 Å². The molecule has 1 aromatic rings. The number of carbonyl (C=O) groups is 1. The molecule has 1 aromatic heterocycles. The van der Waals surface area contributed by atoms with E-state index in [4.69, 9.17) is 5.73 Å². The Bertz CT molecular complexity index is 512. The summed E-state index contributed by atoms with van der Waals surface area (Å²) in [5, 5.41) is 1.89. The Morgan fingerprint density at radius 3 is 2.79 bits per heavy atom. The average Bonchev–Trinajstić information content (AvgIpc) is 2.84. The van der Waals surface area contributed by atoms with Crippen LogP contribution in [0.25, 0.3) is 0 Å². The summed E-state index contributed by atoms with van der Waals surface area (Å²) < 4.78 is 0. The van der Waals surface area contributed by atoms with Crippen molar-refractivity contribution in [3.63, 3.8) is 0 Å². The van der Waals surface area contributed by atoms with Crippen LogP contribution < -0.4 is 5.73 Å². The largest absolute Gasteiger partial charge is 0.339 e. The molecule has 4 heteroatoms. The standard InChI is InChI=1S/C15H20N2OS/c1-15(2)5-8-17(9-6-15)14(18)12-10-13(19-11-12)4-3-7-16/h10-11H,5-9,16H2,1-2H3. The smallest absolute Gasteiger partial charge is 0.254 e. The number of amides is 1. The maximum Gasteiger partial charge on any atom is 0.254 e. The zero-order chi connectivity index (χ0) is 13.9. The Morgan fingerprint density at radius 2 is 2.16 bits per heavy atom. The lowest BCUT2D eigenvalue weighted by Gasteiger charge is -2.36. The number of hydrogen-bond donors (Lipinski definition) is 1. The van der Waals surface area contributed by atoms with E-state index < -0.39 is 0 Å². The first-order valence-electron chi connectivity index (χ1n) is 6.58. The van der Waals surface area contributed by atoms with Crippen molar-refractivity contribution in [1.29, 1.82) is 0 Å². The molecule has 2 N–H and O–H groups in total. The molecule has 19 heavy (non-hydrogen) atoms. The van der Waals surface area contributed by atoms with E-state index in [-0.39, 0.29) is 5.91 Å². The number of nitrogens with two attached hydrogens (primary N) is 1. The monoisotopic (exact) mass is 276 g/mol. The zero-order valence-electron chi connectivity index (χ0n) is 11.5. The van der Waals surface area contributed by atoms with Gasteiger partial charge in [-0.05, 0) is 24.3 Å². The Labute approximate surface area is 118 Å². The second kappa shape index (κ2) is 5.77. The van der Waals surface area contributed by atoms with E-state index in [0.29, 0.717) is 12.0 Å². The summed E-state index contributed by atoms with van der Waals surface area (Å²) >= 11 is 1.50. The number of thiophene rings is 1. The minimum absolute atomic E-state index is 0.132. The summed E-state index contributed by atoms with van der Waals surface area (Å²) in [6.07, 6.45) is 2.14. The van der Waals surface area contributed by atoms with Gasteiger partial charge in [-0.3, -0.25) is 4.79 Å². The lowest BCUT2D eigenvalue weighted by Crippen LogP contribution is -2.41. The molecule has 0 saturated carbocycles. The first kappa shape index (κ1) is 14.1. The highest BCUT2D eigenvalue weighted by Crippen LogP contribution is 2.30. The molecule has 3 nitrogen and oxygen atoms in total. The molecule has 0 bridgehead atoms. The summed E-state index contributed by atoms with van der Waals surface area (Å²) in [5.74, 6) is 5.91. The lowest BCUT2D eigenvalue weighted by molar-refractivity contribution is 0.0631. The number of rotatable bonds is 1. The van der Waals surface area contributed by atoms with Crippen LogP contribution in [-0.2, 0) is 0 Å². The van der Waals surface area contributed by atoms with Gasteiger partial charge in [0.2, 0.25) is 0 Å². The molecule has 2 rings (SSSR count). The van der Waals surface area contributed by atoms with Gasteiger partial charge >= 0.3 is 0 Å². The van der Waals surface area contributed by atoms with Gasteiger partial charge in [0.1, 0.15) is 0 Å². The Hall–Kier alpha value is -1.31. The van der Waals surface area contributed by atoms with Crippen LogP contribution in [0.4, 0.5) is 0 Å². The van der Waals surface area contributed by atoms with Crippen molar-refractivity contribution in [3.05, 3.63) is 21.9 Å². The summed E-state index contributed by atoms with van der Waals surface area (Å²) in [7, 11) is 0. The second-order valence-corrected chi connectivity index (χ2v) is 6.57. The summed E-state index contributed by atoms with van der Waals surface area (Å²) in [6, 6.07) is 1.87. The van der Waals surface area contributed by atoms with Crippen molar-refractivity contribution < 1.29 is 4.79 Å². The molecule has 0 atom stereocenters. The number of hydrogen-bond acceptors (Lipinski definition) is 3. The fraction of sp³-hybridized carbons (Fsp3) is 0.533. The van der Waals surface area contributed by atoms with Crippen molar-refractivity contribution in [2.75, 3.05) is 19.6 Å². The normalized spacial score (nSPS) is 17.7. The van der Waals surface area contributed by atoms with E-state index in [9.17, 15) is 4.79 Å². The molecular formula is C15H20N2OS. The molecule has 1 aliphatic heterocycles. The predicted octanol–water partition coefficient (Wildman–Crippen LogP) is 2.32. The van der Waals surface area contributed by atoms with Gasteiger partial charge in [0.15, 0.2) is 0 Å². The van der Waals surface area contributed by atoms with Crippen LogP contribution in [0.2, 0.25) is 0 Å². The molecule has 1 amide bonds. The van der Waals surface area contributed by atoms with Crippen molar-refractivity contribution in [2.45, 2.75) is 26.7 Å². The quantitative estimate of drug-likeness (QED) is 0.800. The molecule has 2 heterocycles. The zero-order valence-corrected chi connectivity index (χ0v) is 12.3. The van der Waals surface area contributed by atoms with Gasteiger partial charge in [0, 0.05) is 18.5 Å². The van der Waals surface area contributed by atoms with E-state index >= 15 is 0 Å². The van der Waals surface area contributed by atoms with E-state index in [2.05, 4.69) is 25.7 Å². The third-order valence-electron chi connectivity index (χ3n) is 3.56. The SMILES string of the molecule is CC1(C)CCN(C(=O)c2csc(C#CCN)c2)CC1. The van der Waals surface area contributed by atoms with Gasteiger partial charge in [0.05, 0.1) is 17.0 Å². The number of likely N-dealkylation sites (tertiary alicyclic amines) is 1. The topological polar surface area (TPSA) is 46.3 Å². The molecule has 102 valence electrons. The molecule has 0 radical (unpaired) electrons. The van der Waals surface area contributed by atoms with Crippen LogP contribution in [0, 0.1) is 17.3 Å². The first-order chi connectivity index (χ1) is 9.02. The number of carbonyl (C=O) groups excluding carboxylic acids is 1. The van der Waals surface area contributed by atoms with Gasteiger partial charge in [-0.2, -0.15) is 0 Å². The second-order valence-electron chi connectivity index (χ2n) is 5.66. The highest BCUT2D eigenvalue weighted by Gasteiger charge is 2.28. The van der Waals surface area contributed by atoms with Crippen LogP contribution in [0.15, 0.2) is 11.4 Å². The van der Waals surface area contributed by atoms with Crippen LogP contribution in [0.3, 0.4) is 0 Å². The van der Waals surface area contributed by atoms with Gasteiger partial charge in [0.25, 0.3) is 5.91 Å². The predicted molar refractivity (Wildman–Crippen MR) is 79.2 cm³/mol. The molecule has 0 aromatic carbocycles.